The zero-order valence-corrected chi connectivity index (χ0v) is 17.1. The lowest BCUT2D eigenvalue weighted by Crippen LogP contribution is -2.36. The van der Waals surface area contributed by atoms with Crippen LogP contribution in [0.3, 0.4) is 0 Å². The molecule has 3 rings (SSSR count). The molecule has 1 aliphatic heterocycles. The van der Waals surface area contributed by atoms with E-state index >= 15 is 0 Å². The number of rotatable bonds is 2. The van der Waals surface area contributed by atoms with Crippen molar-refractivity contribution in [2.45, 2.75) is 52.7 Å². The van der Waals surface area contributed by atoms with Gasteiger partial charge >= 0.3 is 6.09 Å². The van der Waals surface area contributed by atoms with Crippen molar-refractivity contribution in [1.29, 1.82) is 0 Å². The summed E-state index contributed by atoms with van der Waals surface area (Å²) in [6, 6.07) is 7.39. The summed E-state index contributed by atoms with van der Waals surface area (Å²) in [5.41, 5.74) is 1.98. The van der Waals surface area contributed by atoms with Crippen LogP contribution in [0.2, 0.25) is 5.28 Å². The fraction of sp³-hybridized carbons (Fsp3) is 0.450. The first-order chi connectivity index (χ1) is 12.8. The van der Waals surface area contributed by atoms with Crippen LogP contribution in [0.25, 0.3) is 11.3 Å². The van der Waals surface area contributed by atoms with Gasteiger partial charge in [0.2, 0.25) is 5.28 Å². The van der Waals surface area contributed by atoms with E-state index in [1.165, 1.54) is 0 Å². The highest BCUT2D eigenvalue weighted by atomic mass is 35.5. The Bertz CT molecular complexity index is 790. The van der Waals surface area contributed by atoms with Gasteiger partial charge in [-0.25, -0.2) is 14.8 Å². The minimum atomic E-state index is -0.534. The molecule has 7 heteroatoms. The van der Waals surface area contributed by atoms with Crippen LogP contribution in [0.1, 0.15) is 52.6 Å². The first-order valence-corrected chi connectivity index (χ1v) is 9.45. The molecule has 2 heterocycles. The van der Waals surface area contributed by atoms with Crippen molar-refractivity contribution in [3.05, 3.63) is 41.3 Å². The fourth-order valence-electron chi connectivity index (χ4n) is 2.64. The van der Waals surface area contributed by atoms with Gasteiger partial charge in [0, 0.05) is 23.7 Å². The minimum absolute atomic E-state index is 0.151. The standard InChI is InChI=1S/C18H20ClN3O3.C2H6/c1-18(2,3)25-17(23)22-14-7-9-24-15-10-11(4-5-12(14)15)13-6-8-20-16(19)21-13;1-2/h4-6,8,10,14H,7,9H2,1-3H3,(H,22,23);1-2H3. The smallest absolute Gasteiger partial charge is 0.408 e. The predicted octanol–water partition coefficient (Wildman–Crippen LogP) is 5.17. The van der Waals surface area contributed by atoms with Gasteiger partial charge in [0.1, 0.15) is 11.4 Å². The van der Waals surface area contributed by atoms with E-state index in [4.69, 9.17) is 21.1 Å². The van der Waals surface area contributed by atoms with Crippen molar-refractivity contribution in [3.63, 3.8) is 0 Å². The number of carbonyl (C=O) groups is 1. The molecule has 146 valence electrons. The Kier molecular flexibility index (Phi) is 7.02. The van der Waals surface area contributed by atoms with E-state index in [0.717, 1.165) is 16.9 Å². The largest absolute Gasteiger partial charge is 0.493 e. The Morgan fingerprint density at radius 1 is 1.30 bits per heavy atom. The predicted molar refractivity (Wildman–Crippen MR) is 106 cm³/mol. The summed E-state index contributed by atoms with van der Waals surface area (Å²) in [6.45, 7) is 10.0. The number of hydrogen-bond donors (Lipinski definition) is 1. The Labute approximate surface area is 165 Å². The fourth-order valence-corrected chi connectivity index (χ4v) is 2.79. The third-order valence-corrected chi connectivity index (χ3v) is 3.85. The minimum Gasteiger partial charge on any atom is -0.493 e. The van der Waals surface area contributed by atoms with E-state index in [2.05, 4.69) is 15.3 Å². The third kappa shape index (κ3) is 5.82. The van der Waals surface area contributed by atoms with Crippen molar-refractivity contribution in [1.82, 2.24) is 15.3 Å². The maximum atomic E-state index is 12.1. The monoisotopic (exact) mass is 391 g/mol. The Balaban J connectivity index is 0.00000126. The molecule has 0 aliphatic carbocycles. The highest BCUT2D eigenvalue weighted by molar-refractivity contribution is 6.28. The number of aromatic nitrogens is 2. The summed E-state index contributed by atoms with van der Waals surface area (Å²) in [5, 5.41) is 3.11. The van der Waals surface area contributed by atoms with Crippen molar-refractivity contribution < 1.29 is 14.3 Å². The number of carbonyl (C=O) groups excluding carboxylic acids is 1. The van der Waals surface area contributed by atoms with E-state index in [1.807, 2.05) is 52.8 Å². The molecule has 1 atom stereocenters. The van der Waals surface area contributed by atoms with Crippen molar-refractivity contribution in [2.24, 2.45) is 0 Å². The molecule has 27 heavy (non-hydrogen) atoms. The summed E-state index contributed by atoms with van der Waals surface area (Å²) in [5.74, 6) is 0.722. The summed E-state index contributed by atoms with van der Waals surface area (Å²) in [6.07, 6.45) is 1.86. The van der Waals surface area contributed by atoms with E-state index in [9.17, 15) is 4.79 Å². The molecule has 1 N–H and O–H groups in total. The van der Waals surface area contributed by atoms with Gasteiger partial charge in [0.25, 0.3) is 0 Å². The number of halogens is 1. The SMILES string of the molecule is CC.CC(C)(C)OC(=O)NC1CCOc2cc(-c3ccnc(Cl)n3)ccc21. The lowest BCUT2D eigenvalue weighted by molar-refractivity contribution is 0.0491. The van der Waals surface area contributed by atoms with E-state index in [0.29, 0.717) is 18.7 Å². The maximum Gasteiger partial charge on any atom is 0.408 e. The van der Waals surface area contributed by atoms with Gasteiger partial charge in [0.05, 0.1) is 18.3 Å². The van der Waals surface area contributed by atoms with Crippen LogP contribution in [0.15, 0.2) is 30.5 Å². The van der Waals surface area contributed by atoms with Crippen LogP contribution < -0.4 is 10.1 Å². The summed E-state index contributed by atoms with van der Waals surface area (Å²) in [7, 11) is 0. The Hall–Kier alpha value is -2.34. The van der Waals surface area contributed by atoms with E-state index < -0.39 is 11.7 Å². The number of nitrogens with zero attached hydrogens (tertiary/aromatic N) is 2. The number of ether oxygens (including phenoxy) is 2. The van der Waals surface area contributed by atoms with Crippen LogP contribution in [-0.2, 0) is 4.74 Å². The number of fused-ring (bicyclic) bond motifs is 1. The molecule has 0 radical (unpaired) electrons. The van der Waals surface area contributed by atoms with Crippen LogP contribution >= 0.6 is 11.6 Å². The molecule has 0 bridgehead atoms. The zero-order valence-electron chi connectivity index (χ0n) is 16.4. The average Bonchev–Trinajstić information content (AvgIpc) is 2.61. The first kappa shape index (κ1) is 21.0. The van der Waals surface area contributed by atoms with Crippen molar-refractivity contribution in [3.8, 4) is 17.0 Å². The zero-order chi connectivity index (χ0) is 20.0. The van der Waals surface area contributed by atoms with Gasteiger partial charge in [-0.05, 0) is 44.5 Å². The number of benzene rings is 1. The van der Waals surface area contributed by atoms with Gasteiger partial charge in [0.15, 0.2) is 0 Å². The highest BCUT2D eigenvalue weighted by Gasteiger charge is 2.26. The van der Waals surface area contributed by atoms with Crippen LogP contribution in [0, 0.1) is 0 Å². The second-order valence-corrected chi connectivity index (χ2v) is 7.14. The maximum absolute atomic E-state index is 12.1. The molecule has 2 aromatic rings. The summed E-state index contributed by atoms with van der Waals surface area (Å²) in [4.78, 5) is 20.2. The normalized spacial score (nSPS) is 15.6. The van der Waals surface area contributed by atoms with Gasteiger partial charge in [-0.2, -0.15) is 0 Å². The van der Waals surface area contributed by atoms with Gasteiger partial charge in [-0.3, -0.25) is 0 Å². The summed E-state index contributed by atoms with van der Waals surface area (Å²) >= 11 is 5.86. The highest BCUT2D eigenvalue weighted by Crippen LogP contribution is 2.35. The second-order valence-electron chi connectivity index (χ2n) is 6.80. The Morgan fingerprint density at radius 2 is 2.04 bits per heavy atom. The number of alkyl carbamates (subject to hydrolysis) is 1. The second kappa shape index (κ2) is 9.04. The molecule has 1 aromatic carbocycles. The third-order valence-electron chi connectivity index (χ3n) is 3.67. The van der Waals surface area contributed by atoms with Crippen LogP contribution in [0.5, 0.6) is 5.75 Å². The molecule has 1 aliphatic rings. The summed E-state index contributed by atoms with van der Waals surface area (Å²) < 4.78 is 11.1. The average molecular weight is 392 g/mol. The van der Waals surface area contributed by atoms with Gasteiger partial charge in [-0.1, -0.05) is 26.0 Å². The van der Waals surface area contributed by atoms with E-state index in [1.54, 1.807) is 12.3 Å². The van der Waals surface area contributed by atoms with Crippen LogP contribution in [0.4, 0.5) is 4.79 Å². The van der Waals surface area contributed by atoms with Gasteiger partial charge < -0.3 is 14.8 Å². The number of amides is 1. The van der Waals surface area contributed by atoms with Crippen LogP contribution in [-0.4, -0.2) is 28.3 Å². The molecule has 0 saturated heterocycles. The quantitative estimate of drug-likeness (QED) is 0.714. The number of hydrogen-bond acceptors (Lipinski definition) is 5. The molecular formula is C20H26ClN3O3. The lowest BCUT2D eigenvalue weighted by Gasteiger charge is -2.28. The van der Waals surface area contributed by atoms with E-state index in [-0.39, 0.29) is 11.3 Å². The molecular weight excluding hydrogens is 366 g/mol. The molecule has 1 unspecified atom stereocenters. The lowest BCUT2D eigenvalue weighted by atomic mass is 9.98. The Morgan fingerprint density at radius 3 is 2.70 bits per heavy atom. The van der Waals surface area contributed by atoms with Crippen molar-refractivity contribution in [2.75, 3.05) is 6.61 Å². The molecule has 1 amide bonds. The molecule has 0 saturated carbocycles. The molecule has 0 spiro atoms. The van der Waals surface area contributed by atoms with Gasteiger partial charge in [-0.15, -0.1) is 0 Å². The first-order valence-electron chi connectivity index (χ1n) is 9.07. The molecule has 6 nitrogen and oxygen atoms in total. The molecule has 0 fully saturated rings. The van der Waals surface area contributed by atoms with Crippen molar-refractivity contribution >= 4 is 17.7 Å². The number of nitrogens with one attached hydrogen (secondary N) is 1. The topological polar surface area (TPSA) is 73.3 Å². The molecule has 1 aromatic heterocycles.